The van der Waals surface area contributed by atoms with Crippen LogP contribution in [0.3, 0.4) is 0 Å². The standard InChI is InChI=1S/C39H71N3O6/c1-7-8-9-10-11-12-13-14-15-16-17-18-19-21-25-31(2)42(36(40)46)39(27-22-20-23-28-39)32(35(44)45)26-24-29-41-34(43)33-37(3,4)30-47-38(5,6)48-33/h14-15,31-33H,7-13,16-30H2,1-6H3,(H2,40,46)(H,41,43)(H,44,45)/p-1/b15-14+. The maximum absolute atomic E-state index is 13.1. The highest BCUT2D eigenvalue weighted by Gasteiger charge is 2.48. The van der Waals surface area contributed by atoms with Crippen molar-refractivity contribution in [3.8, 4) is 0 Å². The van der Waals surface area contributed by atoms with E-state index in [1.165, 1.54) is 44.9 Å². The number of nitrogens with one attached hydrogen (secondary N) is 1. The van der Waals surface area contributed by atoms with E-state index in [0.717, 1.165) is 57.8 Å². The van der Waals surface area contributed by atoms with Crippen molar-refractivity contribution in [3.63, 3.8) is 0 Å². The molecule has 1 heterocycles. The summed E-state index contributed by atoms with van der Waals surface area (Å²) in [4.78, 5) is 40.7. The number of hydrogen-bond acceptors (Lipinski definition) is 6. The van der Waals surface area contributed by atoms with E-state index in [4.69, 9.17) is 15.2 Å². The molecule has 9 heteroatoms. The maximum atomic E-state index is 13.1. The van der Waals surface area contributed by atoms with Crippen molar-refractivity contribution < 1.29 is 29.0 Å². The van der Waals surface area contributed by atoms with Crippen molar-refractivity contribution in [1.29, 1.82) is 0 Å². The number of carboxylic acid groups (broad SMARTS) is 1. The van der Waals surface area contributed by atoms with Crippen LogP contribution >= 0.6 is 0 Å². The van der Waals surface area contributed by atoms with E-state index in [1.807, 2.05) is 20.8 Å². The predicted molar refractivity (Wildman–Crippen MR) is 191 cm³/mol. The Morgan fingerprint density at radius 3 is 2.04 bits per heavy atom. The van der Waals surface area contributed by atoms with Gasteiger partial charge in [-0.05, 0) is 78.6 Å². The van der Waals surface area contributed by atoms with Crippen molar-refractivity contribution >= 4 is 17.9 Å². The van der Waals surface area contributed by atoms with Crippen LogP contribution in [0.2, 0.25) is 0 Å². The molecule has 0 aromatic heterocycles. The zero-order valence-electron chi connectivity index (χ0n) is 31.4. The smallest absolute Gasteiger partial charge is 0.315 e. The normalized spacial score (nSPS) is 21.4. The van der Waals surface area contributed by atoms with Crippen LogP contribution in [0.5, 0.6) is 0 Å². The molecule has 1 saturated heterocycles. The number of carbonyl (C=O) groups excluding carboxylic acids is 3. The Labute approximate surface area is 292 Å². The SMILES string of the molecule is CCCCCCCC/C=C/CCCCCCC(C)N(C(N)=O)C1(C(CCCNC(=O)C2OC(C)(C)OCC2(C)C)C(=O)[O-])CCCCC1. The first-order valence-corrected chi connectivity index (χ1v) is 19.3. The van der Waals surface area contributed by atoms with Gasteiger partial charge in [-0.3, -0.25) is 4.79 Å². The summed E-state index contributed by atoms with van der Waals surface area (Å²) in [6.45, 7) is 12.4. The largest absolute Gasteiger partial charge is 0.550 e. The Morgan fingerprint density at radius 1 is 0.875 bits per heavy atom. The molecule has 0 spiro atoms. The molecule has 0 bridgehead atoms. The van der Waals surface area contributed by atoms with Gasteiger partial charge in [0, 0.05) is 29.9 Å². The van der Waals surface area contributed by atoms with Crippen molar-refractivity contribution in [2.24, 2.45) is 17.1 Å². The molecule has 3 N–H and O–H groups in total. The molecule has 3 amide bonds. The van der Waals surface area contributed by atoms with Crippen LogP contribution in [0.1, 0.15) is 170 Å². The van der Waals surface area contributed by atoms with E-state index in [-0.39, 0.29) is 18.4 Å². The first-order valence-electron chi connectivity index (χ1n) is 19.3. The number of allylic oxidation sites excluding steroid dienone is 2. The molecule has 2 aliphatic rings. The Morgan fingerprint density at radius 2 is 1.46 bits per heavy atom. The number of rotatable bonds is 23. The third-order valence-electron chi connectivity index (χ3n) is 10.6. The molecule has 3 unspecified atom stereocenters. The molecule has 9 nitrogen and oxygen atoms in total. The lowest BCUT2D eigenvalue weighted by Crippen LogP contribution is -2.64. The van der Waals surface area contributed by atoms with Gasteiger partial charge in [0.25, 0.3) is 0 Å². The number of carbonyl (C=O) groups is 3. The first kappa shape index (κ1) is 42.0. The fourth-order valence-electron chi connectivity index (χ4n) is 7.80. The van der Waals surface area contributed by atoms with Crippen LogP contribution in [-0.4, -0.2) is 59.4 Å². The van der Waals surface area contributed by atoms with Crippen LogP contribution in [0, 0.1) is 11.3 Å². The quantitative estimate of drug-likeness (QED) is 0.0848. The molecule has 0 aromatic rings. The molecule has 278 valence electrons. The summed E-state index contributed by atoms with van der Waals surface area (Å²) >= 11 is 0. The molecule has 48 heavy (non-hydrogen) atoms. The van der Waals surface area contributed by atoms with E-state index in [2.05, 4.69) is 24.4 Å². The Balaban J connectivity index is 1.90. The molecule has 1 aliphatic heterocycles. The molecule has 2 fully saturated rings. The Bertz CT molecular complexity index is 990. The summed E-state index contributed by atoms with van der Waals surface area (Å²) in [5, 5.41) is 15.7. The first-order chi connectivity index (χ1) is 22.8. The van der Waals surface area contributed by atoms with Gasteiger partial charge in [0.05, 0.1) is 12.1 Å². The summed E-state index contributed by atoms with van der Waals surface area (Å²) in [6, 6.07) is -0.725. The lowest BCUT2D eigenvalue weighted by molar-refractivity contribution is -0.316. The second-order valence-electron chi connectivity index (χ2n) is 15.7. The van der Waals surface area contributed by atoms with Gasteiger partial charge in [0.15, 0.2) is 5.79 Å². The van der Waals surface area contributed by atoms with Gasteiger partial charge in [-0.1, -0.05) is 104 Å². The number of aliphatic carboxylic acids is 1. The van der Waals surface area contributed by atoms with Gasteiger partial charge in [-0.15, -0.1) is 0 Å². The number of amides is 3. The lowest BCUT2D eigenvalue weighted by Gasteiger charge is -2.53. The molecule has 3 atom stereocenters. The number of unbranched alkanes of at least 4 members (excludes halogenated alkanes) is 10. The molecular weight excluding hydrogens is 606 g/mol. The molecule has 0 aromatic carbocycles. The van der Waals surface area contributed by atoms with E-state index < -0.39 is 40.8 Å². The topological polar surface area (TPSA) is 134 Å². The number of ether oxygens (including phenoxy) is 2. The number of primary amides is 1. The second kappa shape index (κ2) is 21.2. The molecule has 1 saturated carbocycles. The van der Waals surface area contributed by atoms with Crippen molar-refractivity contribution in [3.05, 3.63) is 12.2 Å². The number of hydrogen-bond donors (Lipinski definition) is 2. The number of nitrogens with two attached hydrogens (primary N) is 1. The summed E-state index contributed by atoms with van der Waals surface area (Å²) in [5.41, 5.74) is 4.67. The van der Waals surface area contributed by atoms with Gasteiger partial charge >= 0.3 is 6.03 Å². The van der Waals surface area contributed by atoms with Crippen molar-refractivity contribution in [2.75, 3.05) is 13.2 Å². The minimum Gasteiger partial charge on any atom is -0.550 e. The minimum absolute atomic E-state index is 0.171. The van der Waals surface area contributed by atoms with Crippen LogP contribution in [-0.2, 0) is 19.1 Å². The average Bonchev–Trinajstić information content (AvgIpc) is 3.02. The van der Waals surface area contributed by atoms with Crippen LogP contribution in [0.25, 0.3) is 0 Å². The van der Waals surface area contributed by atoms with E-state index >= 15 is 0 Å². The average molecular weight is 677 g/mol. The van der Waals surface area contributed by atoms with Gasteiger partial charge in [0.2, 0.25) is 5.91 Å². The highest BCUT2D eigenvalue weighted by molar-refractivity contribution is 5.81. The van der Waals surface area contributed by atoms with Gasteiger partial charge in [0.1, 0.15) is 6.10 Å². The summed E-state index contributed by atoms with van der Waals surface area (Å²) in [7, 11) is 0. The second-order valence-corrected chi connectivity index (χ2v) is 15.7. The summed E-state index contributed by atoms with van der Waals surface area (Å²) < 4.78 is 11.7. The third-order valence-corrected chi connectivity index (χ3v) is 10.6. The van der Waals surface area contributed by atoms with Gasteiger partial charge in [-0.2, -0.15) is 0 Å². The Kier molecular flexibility index (Phi) is 18.5. The predicted octanol–water partition coefficient (Wildman–Crippen LogP) is 7.55. The lowest BCUT2D eigenvalue weighted by atomic mass is 9.69. The van der Waals surface area contributed by atoms with Crippen molar-refractivity contribution in [2.45, 2.75) is 193 Å². The van der Waals surface area contributed by atoms with E-state index in [1.54, 1.807) is 18.7 Å². The zero-order valence-corrected chi connectivity index (χ0v) is 31.4. The summed E-state index contributed by atoms with van der Waals surface area (Å²) in [6.07, 6.45) is 23.9. The molecule has 2 rings (SSSR count). The minimum atomic E-state index is -1.15. The van der Waals surface area contributed by atoms with Gasteiger partial charge < -0.3 is 35.3 Å². The van der Waals surface area contributed by atoms with Gasteiger partial charge in [-0.25, -0.2) is 4.79 Å². The maximum Gasteiger partial charge on any atom is 0.315 e. The fourth-order valence-corrected chi connectivity index (χ4v) is 7.80. The molecule has 1 aliphatic carbocycles. The monoisotopic (exact) mass is 677 g/mol. The van der Waals surface area contributed by atoms with Crippen LogP contribution in [0.15, 0.2) is 12.2 Å². The molecule has 0 radical (unpaired) electrons. The van der Waals surface area contributed by atoms with E-state index in [9.17, 15) is 19.5 Å². The fraction of sp³-hybridized carbons (Fsp3) is 0.872. The summed E-state index contributed by atoms with van der Waals surface area (Å²) in [5.74, 6) is -3.11. The number of carboxylic acids is 1. The van der Waals surface area contributed by atoms with Crippen LogP contribution < -0.4 is 16.2 Å². The molecular formula is C39H70N3O6-. The highest BCUT2D eigenvalue weighted by Crippen LogP contribution is 2.43. The third kappa shape index (κ3) is 13.6. The number of urea groups is 1. The van der Waals surface area contributed by atoms with E-state index in [0.29, 0.717) is 32.4 Å². The van der Waals surface area contributed by atoms with Crippen molar-refractivity contribution in [1.82, 2.24) is 10.2 Å². The van der Waals surface area contributed by atoms with Crippen LogP contribution in [0.4, 0.5) is 4.79 Å². The highest BCUT2D eigenvalue weighted by atomic mass is 16.7. The number of nitrogens with zero attached hydrogens (tertiary/aromatic N) is 1. The Hall–Kier alpha value is -2.13. The zero-order chi connectivity index (χ0) is 35.6.